The average Bonchev–Trinajstić information content (AvgIpc) is 2.14. The molecule has 0 aliphatic heterocycles. The summed E-state index contributed by atoms with van der Waals surface area (Å²) in [4.78, 5) is 3.97. The fourth-order valence-corrected chi connectivity index (χ4v) is 1.60. The van der Waals surface area contributed by atoms with E-state index in [9.17, 15) is 4.21 Å². The zero-order valence-corrected chi connectivity index (χ0v) is 11.3. The minimum atomic E-state index is -1.23. The number of hydrogen-bond acceptors (Lipinski definition) is 2. The zero-order chi connectivity index (χ0) is 11.5. The summed E-state index contributed by atoms with van der Waals surface area (Å²) in [6.45, 7) is 5.66. The molecule has 1 heterocycles. The first-order chi connectivity index (χ1) is 6.91. The highest BCUT2D eigenvalue weighted by molar-refractivity contribution is 9.10. The molecule has 82 valence electrons. The molecule has 1 unspecified atom stereocenters. The van der Waals surface area contributed by atoms with Crippen LogP contribution in [0.25, 0.3) is 0 Å². The Labute approximate surface area is 101 Å². The first-order valence-corrected chi connectivity index (χ1v) is 6.37. The van der Waals surface area contributed by atoms with Gasteiger partial charge in [-0.05, 0) is 26.8 Å². The molecule has 0 spiro atoms. The number of rotatable bonds is 2. The molecule has 0 amide bonds. The van der Waals surface area contributed by atoms with Crippen LogP contribution in [0.3, 0.4) is 0 Å². The molecule has 15 heavy (non-hydrogen) atoms. The Hall–Kier alpha value is -0.550. The van der Waals surface area contributed by atoms with Crippen LogP contribution in [0.2, 0.25) is 0 Å². The average molecular weight is 289 g/mol. The van der Waals surface area contributed by atoms with Crippen LogP contribution in [0.5, 0.6) is 0 Å². The van der Waals surface area contributed by atoms with Gasteiger partial charge in [0, 0.05) is 28.6 Å². The molecule has 0 saturated heterocycles. The number of pyridine rings is 1. The third kappa shape index (κ3) is 3.83. The van der Waals surface area contributed by atoms with Crippen LogP contribution >= 0.6 is 15.9 Å². The SMILES string of the molecule is CC(C)(C)S(=O)N=Cc1cnccc1Br. The number of halogens is 1. The van der Waals surface area contributed by atoms with Gasteiger partial charge in [-0.3, -0.25) is 4.98 Å². The molecule has 5 heteroatoms. The molecule has 0 bridgehead atoms. The van der Waals surface area contributed by atoms with Gasteiger partial charge in [0.05, 0.1) is 4.75 Å². The highest BCUT2D eigenvalue weighted by atomic mass is 79.9. The van der Waals surface area contributed by atoms with Crippen molar-refractivity contribution in [1.82, 2.24) is 4.98 Å². The Bertz CT molecular complexity index is 399. The molecule has 0 fully saturated rings. The van der Waals surface area contributed by atoms with Gasteiger partial charge in [0.1, 0.15) is 11.0 Å². The first-order valence-electron chi connectivity index (χ1n) is 4.47. The lowest BCUT2D eigenvalue weighted by atomic mass is 10.3. The van der Waals surface area contributed by atoms with Crippen molar-refractivity contribution >= 4 is 33.1 Å². The van der Waals surface area contributed by atoms with Crippen molar-refractivity contribution in [3.63, 3.8) is 0 Å². The standard InChI is InChI=1S/C10H13BrN2OS/c1-10(2,3)15(14)13-7-8-6-12-5-4-9(8)11/h4-7H,1-3H3. The molecule has 3 nitrogen and oxygen atoms in total. The van der Waals surface area contributed by atoms with Gasteiger partial charge in [0.25, 0.3) is 0 Å². The van der Waals surface area contributed by atoms with Crippen LogP contribution in [0, 0.1) is 0 Å². The van der Waals surface area contributed by atoms with Crippen LogP contribution in [-0.2, 0) is 11.0 Å². The van der Waals surface area contributed by atoms with E-state index in [1.54, 1.807) is 18.6 Å². The maximum atomic E-state index is 11.6. The van der Waals surface area contributed by atoms with Crippen LogP contribution in [0.1, 0.15) is 26.3 Å². The Morgan fingerprint density at radius 2 is 2.20 bits per heavy atom. The molecule has 0 radical (unpaired) electrons. The second-order valence-electron chi connectivity index (χ2n) is 3.99. The predicted octanol–water partition coefficient (Wildman–Crippen LogP) is 2.73. The van der Waals surface area contributed by atoms with Crippen molar-refractivity contribution in [2.45, 2.75) is 25.5 Å². The van der Waals surface area contributed by atoms with Crippen molar-refractivity contribution in [1.29, 1.82) is 0 Å². The molecule has 1 atom stereocenters. The first kappa shape index (κ1) is 12.5. The number of aromatic nitrogens is 1. The highest BCUT2D eigenvalue weighted by Gasteiger charge is 2.18. The van der Waals surface area contributed by atoms with E-state index in [1.165, 1.54) is 0 Å². The Kier molecular flexibility index (Phi) is 4.16. The van der Waals surface area contributed by atoms with E-state index in [0.717, 1.165) is 10.0 Å². The van der Waals surface area contributed by atoms with Crippen molar-refractivity contribution in [3.05, 3.63) is 28.5 Å². The van der Waals surface area contributed by atoms with Gasteiger partial charge in [0.15, 0.2) is 0 Å². The lowest BCUT2D eigenvalue weighted by molar-refractivity contribution is 0.651. The van der Waals surface area contributed by atoms with Crippen molar-refractivity contribution < 1.29 is 4.21 Å². The van der Waals surface area contributed by atoms with Crippen LogP contribution < -0.4 is 0 Å². The molecule has 1 aromatic rings. The Balaban J connectivity index is 2.84. The minimum Gasteiger partial charge on any atom is -0.264 e. The highest BCUT2D eigenvalue weighted by Crippen LogP contribution is 2.15. The molecular formula is C10H13BrN2OS. The Morgan fingerprint density at radius 1 is 1.53 bits per heavy atom. The van der Waals surface area contributed by atoms with E-state index in [-0.39, 0.29) is 4.75 Å². The predicted molar refractivity (Wildman–Crippen MR) is 67.4 cm³/mol. The molecule has 0 aromatic carbocycles. The zero-order valence-electron chi connectivity index (χ0n) is 8.90. The van der Waals surface area contributed by atoms with Crippen LogP contribution in [-0.4, -0.2) is 20.2 Å². The smallest absolute Gasteiger partial charge is 0.144 e. The van der Waals surface area contributed by atoms with Gasteiger partial charge in [0.2, 0.25) is 0 Å². The van der Waals surface area contributed by atoms with Gasteiger partial charge in [-0.2, -0.15) is 4.40 Å². The number of hydrogen-bond donors (Lipinski definition) is 0. The maximum Gasteiger partial charge on any atom is 0.144 e. The molecule has 1 rings (SSSR count). The topological polar surface area (TPSA) is 42.3 Å². The summed E-state index contributed by atoms with van der Waals surface area (Å²) >= 11 is 3.37. The fourth-order valence-electron chi connectivity index (χ4n) is 0.747. The second kappa shape index (κ2) is 4.99. The summed E-state index contributed by atoms with van der Waals surface area (Å²) in [5, 5.41) is 0. The monoisotopic (exact) mass is 288 g/mol. The van der Waals surface area contributed by atoms with E-state index < -0.39 is 11.0 Å². The maximum absolute atomic E-state index is 11.6. The van der Waals surface area contributed by atoms with Gasteiger partial charge in [-0.25, -0.2) is 4.21 Å². The van der Waals surface area contributed by atoms with E-state index in [0.29, 0.717) is 0 Å². The van der Waals surface area contributed by atoms with Crippen molar-refractivity contribution in [2.75, 3.05) is 0 Å². The van der Waals surface area contributed by atoms with Gasteiger partial charge < -0.3 is 0 Å². The Morgan fingerprint density at radius 3 is 2.73 bits per heavy atom. The van der Waals surface area contributed by atoms with E-state index in [1.807, 2.05) is 26.8 Å². The normalized spacial score (nSPS) is 14.4. The summed E-state index contributed by atoms with van der Waals surface area (Å²) in [7, 11) is -1.23. The third-order valence-corrected chi connectivity index (χ3v) is 3.67. The third-order valence-electron chi connectivity index (χ3n) is 1.61. The van der Waals surface area contributed by atoms with Gasteiger partial charge in [-0.15, -0.1) is 0 Å². The summed E-state index contributed by atoms with van der Waals surface area (Å²) < 4.78 is 16.2. The van der Waals surface area contributed by atoms with Crippen LogP contribution in [0.4, 0.5) is 0 Å². The van der Waals surface area contributed by atoms with E-state index in [2.05, 4.69) is 25.3 Å². The summed E-state index contributed by atoms with van der Waals surface area (Å²) in [6, 6.07) is 1.82. The van der Waals surface area contributed by atoms with E-state index >= 15 is 0 Å². The summed E-state index contributed by atoms with van der Waals surface area (Å²) in [5.74, 6) is 0. The minimum absolute atomic E-state index is 0.328. The second-order valence-corrected chi connectivity index (χ2v) is 6.78. The molecule has 0 aliphatic rings. The van der Waals surface area contributed by atoms with Crippen molar-refractivity contribution in [2.24, 2.45) is 4.40 Å². The van der Waals surface area contributed by atoms with Crippen LogP contribution in [0.15, 0.2) is 27.3 Å². The molecule has 0 saturated carbocycles. The molecule has 0 aliphatic carbocycles. The van der Waals surface area contributed by atoms with Crippen molar-refractivity contribution in [3.8, 4) is 0 Å². The fraction of sp³-hybridized carbons (Fsp3) is 0.400. The lowest BCUT2D eigenvalue weighted by Gasteiger charge is -2.12. The lowest BCUT2D eigenvalue weighted by Crippen LogP contribution is -2.19. The molecule has 1 aromatic heterocycles. The summed E-state index contributed by atoms with van der Waals surface area (Å²) in [5.41, 5.74) is 0.829. The summed E-state index contributed by atoms with van der Waals surface area (Å²) in [6.07, 6.45) is 4.94. The van der Waals surface area contributed by atoms with E-state index in [4.69, 9.17) is 0 Å². The molecule has 0 N–H and O–H groups in total. The largest absolute Gasteiger partial charge is 0.264 e. The van der Waals surface area contributed by atoms with Gasteiger partial charge in [-0.1, -0.05) is 15.9 Å². The number of nitrogens with zero attached hydrogens (tertiary/aromatic N) is 2. The van der Waals surface area contributed by atoms with Gasteiger partial charge >= 0.3 is 0 Å². The quantitative estimate of drug-likeness (QED) is 0.786. The molecular weight excluding hydrogens is 276 g/mol.